The Kier molecular flexibility index (Phi) is 17.8. The van der Waals surface area contributed by atoms with Crippen LogP contribution in [0.5, 0.6) is 0 Å². The van der Waals surface area contributed by atoms with Crippen LogP contribution in [0.2, 0.25) is 0 Å². The van der Waals surface area contributed by atoms with Crippen molar-refractivity contribution in [2.75, 3.05) is 20.6 Å². The molecule has 4 heterocycles. The Hall–Kier alpha value is -7.43. The average Bonchev–Trinajstić information content (AvgIpc) is 3.77. The maximum absolute atomic E-state index is 15.6. The number of aryl methyl sites for hydroxylation is 1. The van der Waals surface area contributed by atoms with Crippen molar-refractivity contribution < 1.29 is 33.6 Å². The molecule has 7 amide bonds. The first-order valence-corrected chi connectivity index (χ1v) is 26.6. The molecule has 0 spiro atoms. The number of benzene rings is 3. The minimum Gasteiger partial charge on any atom is -0.343 e. The van der Waals surface area contributed by atoms with Gasteiger partial charge in [0.2, 0.25) is 41.4 Å². The minimum atomic E-state index is -1.28. The van der Waals surface area contributed by atoms with E-state index in [9.17, 15) is 19.2 Å². The highest BCUT2D eigenvalue weighted by molar-refractivity contribution is 5.99. The van der Waals surface area contributed by atoms with Gasteiger partial charge < -0.3 is 40.5 Å². The van der Waals surface area contributed by atoms with E-state index in [1.165, 1.54) is 42.0 Å². The Morgan fingerprint density at radius 2 is 1.32 bits per heavy atom. The minimum absolute atomic E-state index is 0.00729. The molecule has 2 saturated heterocycles. The topological polar surface area (TPSA) is 208 Å². The highest BCUT2D eigenvalue weighted by Gasteiger charge is 2.43. The molecular formula is C59H76N10O7. The smallest absolute Gasteiger partial charge is 0.246 e. The number of rotatable bonds is 12. The van der Waals surface area contributed by atoms with Crippen LogP contribution in [0.1, 0.15) is 96.4 Å². The highest BCUT2D eigenvalue weighted by atomic mass is 16.2. The number of nitrogens with zero attached hydrogens (tertiary/aromatic N) is 6. The van der Waals surface area contributed by atoms with E-state index in [0.717, 1.165) is 27.6 Å². The molecule has 5 aromatic rings. The summed E-state index contributed by atoms with van der Waals surface area (Å²) < 4.78 is 2.07. The maximum atomic E-state index is 15.6. The van der Waals surface area contributed by atoms with Crippen LogP contribution in [-0.4, -0.2) is 134 Å². The lowest BCUT2D eigenvalue weighted by Crippen LogP contribution is -2.62. The summed E-state index contributed by atoms with van der Waals surface area (Å²) in [5.41, 5.74) is 4.18. The SMILES string of the molecule is C=CC(C)(C)n1cc(C[C@@H]2NC(=O)[C@H](Cc3ccc(C)cc3)NC(=O)[C@H](CC(C)C)N3CCC[C@@H](C3=O)N(C)C(=O)[C@H](C)NC(=O)[C@H](Cc3ccc4ncncc4c3)NC(=O)[C@H](CC(C)C)N(C)C2=O)c2ccccc21. The predicted octanol–water partition coefficient (Wildman–Crippen LogP) is 5.55. The van der Waals surface area contributed by atoms with Crippen LogP contribution in [0, 0.1) is 18.8 Å². The lowest BCUT2D eigenvalue weighted by atomic mass is 9.95. The van der Waals surface area contributed by atoms with Crippen molar-refractivity contribution in [1.29, 1.82) is 0 Å². The van der Waals surface area contributed by atoms with Gasteiger partial charge in [0, 0.05) is 68.6 Å². The number of hydrogen-bond donors (Lipinski definition) is 4. The molecule has 4 N–H and O–H groups in total. The second-order valence-corrected chi connectivity index (χ2v) is 22.2. The number of carbonyl (C=O) groups is 7. The molecule has 2 bridgehead atoms. The number of fused-ring (bicyclic) bond motifs is 4. The number of aromatic nitrogens is 3. The number of nitrogens with one attached hydrogen (secondary N) is 4. The average molecular weight is 1040 g/mol. The van der Waals surface area contributed by atoms with Gasteiger partial charge >= 0.3 is 0 Å². The van der Waals surface area contributed by atoms with Gasteiger partial charge in [-0.2, -0.15) is 0 Å². The normalized spacial score (nSPS) is 23.1. The molecule has 0 aliphatic carbocycles. The van der Waals surface area contributed by atoms with E-state index in [-0.39, 0.29) is 50.5 Å². The van der Waals surface area contributed by atoms with E-state index in [2.05, 4.69) is 42.4 Å². The van der Waals surface area contributed by atoms with Crippen LogP contribution >= 0.6 is 0 Å². The molecule has 7 rings (SSSR count). The Balaban J connectivity index is 1.36. The van der Waals surface area contributed by atoms with Gasteiger partial charge in [-0.1, -0.05) is 87.9 Å². The molecule has 0 unspecified atom stereocenters. The second kappa shape index (κ2) is 24.1. The number of likely N-dealkylation sites (N-methyl/N-ethyl adjacent to an activating group) is 2. The molecule has 17 nitrogen and oxygen atoms in total. The molecule has 7 atom stereocenters. The van der Waals surface area contributed by atoms with Crippen LogP contribution in [0.15, 0.2) is 98.1 Å². The van der Waals surface area contributed by atoms with E-state index in [4.69, 9.17) is 0 Å². The largest absolute Gasteiger partial charge is 0.343 e. The molecule has 2 aliphatic heterocycles. The van der Waals surface area contributed by atoms with Crippen LogP contribution in [0.3, 0.4) is 0 Å². The van der Waals surface area contributed by atoms with Crippen LogP contribution < -0.4 is 21.3 Å². The molecule has 0 saturated carbocycles. The number of para-hydroxylation sites is 1. The van der Waals surface area contributed by atoms with Crippen LogP contribution in [0.4, 0.5) is 0 Å². The Bertz CT molecular complexity index is 2970. The molecule has 3 aromatic carbocycles. The van der Waals surface area contributed by atoms with E-state index < -0.39 is 89.2 Å². The van der Waals surface area contributed by atoms with Crippen molar-refractivity contribution in [2.24, 2.45) is 11.8 Å². The predicted molar refractivity (Wildman–Crippen MR) is 293 cm³/mol. The lowest BCUT2D eigenvalue weighted by molar-refractivity contribution is -0.153. The van der Waals surface area contributed by atoms with Crippen LogP contribution in [0.25, 0.3) is 21.8 Å². The zero-order valence-corrected chi connectivity index (χ0v) is 45.8. The van der Waals surface area contributed by atoms with Crippen molar-refractivity contribution in [3.63, 3.8) is 0 Å². The summed E-state index contributed by atoms with van der Waals surface area (Å²) in [4.78, 5) is 117. The number of hydrogen-bond acceptors (Lipinski definition) is 9. The van der Waals surface area contributed by atoms with Crippen molar-refractivity contribution in [1.82, 2.24) is 50.5 Å². The molecule has 2 fully saturated rings. The Morgan fingerprint density at radius 3 is 1.99 bits per heavy atom. The fourth-order valence-electron chi connectivity index (χ4n) is 10.5. The first kappa shape index (κ1) is 56.3. The summed E-state index contributed by atoms with van der Waals surface area (Å²) in [6.45, 7) is 19.6. The number of piperidine rings is 1. The second-order valence-electron chi connectivity index (χ2n) is 22.2. The molecule has 76 heavy (non-hydrogen) atoms. The van der Waals surface area contributed by atoms with Gasteiger partial charge in [-0.15, -0.1) is 6.58 Å². The summed E-state index contributed by atoms with van der Waals surface area (Å²) in [5.74, 6) is -4.23. The molecule has 0 radical (unpaired) electrons. The summed E-state index contributed by atoms with van der Waals surface area (Å²) in [5, 5.41) is 13.5. The van der Waals surface area contributed by atoms with Crippen molar-refractivity contribution in [3.8, 4) is 0 Å². The quantitative estimate of drug-likeness (QED) is 0.115. The standard InChI is InChI=1S/C59H76N10O7/c1-12-59(8,9)69-33-42(43-16-13-14-17-48(43)69)31-47-57(75)67(11)50(26-35(2)3)54(72)63-46(30-40-23-24-44-41(28-40)32-60-34-61-44)52(70)62-38(7)56(74)66(10)49-18-15-25-68(58(49)76)51(27-36(4)5)55(73)64-45(53(71)65-47)29-39-21-19-37(6)20-22-39/h12-14,16-17,19-24,28,32-36,38,45-47,49-51H,1,15,18,25-27,29-31H2,2-11H3,(H,62,70)(H,63,72)(H,64,73)(H,65,71)/t38-,45-,46-,47-,49-,50-,51-/m0/s1. The van der Waals surface area contributed by atoms with Gasteiger partial charge in [0.1, 0.15) is 48.6 Å². The summed E-state index contributed by atoms with van der Waals surface area (Å²) in [7, 11) is 3.04. The first-order chi connectivity index (χ1) is 36.1. The molecular weight excluding hydrogens is 961 g/mol. The van der Waals surface area contributed by atoms with Gasteiger partial charge in [0.25, 0.3) is 0 Å². The molecule has 17 heteroatoms. The number of amides is 7. The third-order valence-corrected chi connectivity index (χ3v) is 15.0. The Labute approximate surface area is 446 Å². The van der Waals surface area contributed by atoms with Gasteiger partial charge in [-0.25, -0.2) is 9.97 Å². The zero-order valence-electron chi connectivity index (χ0n) is 45.8. The maximum Gasteiger partial charge on any atom is 0.246 e. The fourth-order valence-corrected chi connectivity index (χ4v) is 10.5. The lowest BCUT2D eigenvalue weighted by Gasteiger charge is -2.41. The number of allylic oxidation sites excluding steroid dienone is 1. The fraction of sp³-hybridized carbons (Fsp3) is 0.475. The van der Waals surface area contributed by atoms with Gasteiger partial charge in [0.15, 0.2) is 0 Å². The number of carbonyl (C=O) groups excluding carboxylic acids is 7. The zero-order chi connectivity index (χ0) is 55.2. The van der Waals surface area contributed by atoms with E-state index in [1.54, 1.807) is 18.3 Å². The van der Waals surface area contributed by atoms with Gasteiger partial charge in [-0.3, -0.25) is 33.6 Å². The Morgan fingerprint density at radius 1 is 0.711 bits per heavy atom. The molecule has 2 aromatic heterocycles. The van der Waals surface area contributed by atoms with Crippen molar-refractivity contribution in [3.05, 3.63) is 120 Å². The molecule has 2 aliphatic rings. The van der Waals surface area contributed by atoms with E-state index >= 15 is 14.4 Å². The summed E-state index contributed by atoms with van der Waals surface area (Å²) in [6.07, 6.45) is 8.15. The molecule has 404 valence electrons. The van der Waals surface area contributed by atoms with Crippen molar-refractivity contribution in [2.45, 2.75) is 148 Å². The monoisotopic (exact) mass is 1040 g/mol. The van der Waals surface area contributed by atoms with Gasteiger partial charge in [-0.05, 0) is 100 Å². The van der Waals surface area contributed by atoms with E-state index in [0.29, 0.717) is 29.3 Å². The highest BCUT2D eigenvalue weighted by Crippen LogP contribution is 2.30. The third kappa shape index (κ3) is 13.0. The summed E-state index contributed by atoms with van der Waals surface area (Å²) in [6, 6.07) is 12.8. The van der Waals surface area contributed by atoms with Crippen LogP contribution in [-0.2, 0) is 58.4 Å². The summed E-state index contributed by atoms with van der Waals surface area (Å²) >= 11 is 0. The van der Waals surface area contributed by atoms with E-state index in [1.807, 2.05) is 115 Å². The van der Waals surface area contributed by atoms with Crippen molar-refractivity contribution >= 4 is 63.2 Å². The third-order valence-electron chi connectivity index (χ3n) is 15.0. The van der Waals surface area contributed by atoms with Gasteiger partial charge in [0.05, 0.1) is 11.1 Å². The first-order valence-electron chi connectivity index (χ1n) is 26.6.